The van der Waals surface area contributed by atoms with Crippen LogP contribution >= 0.6 is 0 Å². The van der Waals surface area contributed by atoms with Gasteiger partial charge in [-0.3, -0.25) is 0 Å². The van der Waals surface area contributed by atoms with Crippen molar-refractivity contribution >= 4 is 0 Å². The molecule has 2 rings (SSSR count). The Morgan fingerprint density at radius 3 is 1.45 bits per heavy atom. The average molecular weight is 753 g/mol. The molecule has 0 aromatic carbocycles. The first-order valence-corrected chi connectivity index (χ1v) is 21.9. The maximum Gasteiger partial charge on any atom is -0.0102 e. The molecule has 2 saturated carbocycles. The van der Waals surface area contributed by atoms with Gasteiger partial charge in [-0.05, 0) is 124 Å². The Bertz CT molecular complexity index is 1470. The van der Waals surface area contributed by atoms with E-state index in [0.717, 1.165) is 44.9 Å². The molecule has 2 fully saturated rings. The van der Waals surface area contributed by atoms with Crippen LogP contribution in [0.4, 0.5) is 0 Å². The van der Waals surface area contributed by atoms with Gasteiger partial charge in [0.1, 0.15) is 0 Å². The lowest BCUT2D eigenvalue weighted by molar-refractivity contribution is -0.0408. The number of hydrogen-bond acceptors (Lipinski definition) is 0. The number of allylic oxidation sites excluding steroid dienone is 10. The van der Waals surface area contributed by atoms with Gasteiger partial charge in [0.2, 0.25) is 0 Å². The Labute approximate surface area is 345 Å². The van der Waals surface area contributed by atoms with Gasteiger partial charge < -0.3 is 0 Å². The van der Waals surface area contributed by atoms with Crippen molar-refractivity contribution in [2.75, 3.05) is 0 Å². The van der Waals surface area contributed by atoms with Gasteiger partial charge in [0.15, 0.2) is 0 Å². The highest BCUT2D eigenvalue weighted by Crippen LogP contribution is 2.62. The second kappa shape index (κ2) is 17.0. The molecule has 2 aliphatic rings. The summed E-state index contributed by atoms with van der Waals surface area (Å²) in [6.45, 7) is 71.1. The van der Waals surface area contributed by atoms with Crippen molar-refractivity contribution < 1.29 is 0 Å². The summed E-state index contributed by atoms with van der Waals surface area (Å²) in [5.41, 5.74) is 5.72. The standard InChI is InChI=1S/C55H92/c1-25-43(49(10,11)12)37-53(19,20)50(13,14)29-27-30-51(15,16)54(21,22)46(26-2)47(45-35-39(4)33-41(45)6)55(23,24)52(17,18)31-28-42(36-48(7,8)9)44-34-38(3)32-40(44)5/h25-28,30-31,42-47H,1-6,29,32-37H2,7-24H3/b30-27+,31-28+. The molecular weight excluding hydrogens is 661 g/mol. The van der Waals surface area contributed by atoms with Gasteiger partial charge in [-0.1, -0.05) is 210 Å². The van der Waals surface area contributed by atoms with E-state index in [1.165, 1.54) is 22.3 Å². The van der Waals surface area contributed by atoms with Gasteiger partial charge in [0.25, 0.3) is 0 Å². The topological polar surface area (TPSA) is 0 Å². The summed E-state index contributed by atoms with van der Waals surface area (Å²) >= 11 is 0. The molecule has 0 aliphatic heterocycles. The zero-order valence-corrected chi connectivity index (χ0v) is 40.1. The fraction of sp³-hybridized carbons (Fsp3) is 0.709. The summed E-state index contributed by atoms with van der Waals surface area (Å²) < 4.78 is 0. The molecule has 312 valence electrons. The molecule has 0 spiro atoms. The highest BCUT2D eigenvalue weighted by atomic mass is 14.6. The predicted octanol–water partition coefficient (Wildman–Crippen LogP) is 17.4. The molecular formula is C55H92. The summed E-state index contributed by atoms with van der Waals surface area (Å²) in [4.78, 5) is 0. The van der Waals surface area contributed by atoms with E-state index in [0.29, 0.717) is 29.6 Å². The lowest BCUT2D eigenvalue weighted by Gasteiger charge is -2.57. The molecule has 0 heteroatoms. The van der Waals surface area contributed by atoms with Crippen molar-refractivity contribution in [1.29, 1.82) is 0 Å². The van der Waals surface area contributed by atoms with E-state index >= 15 is 0 Å². The minimum atomic E-state index is -0.0990. The Hall–Kier alpha value is -2.08. The largest absolute Gasteiger partial charge is 0.103 e. The minimum Gasteiger partial charge on any atom is -0.103 e. The molecule has 55 heavy (non-hydrogen) atoms. The molecule has 0 aromatic heterocycles. The van der Waals surface area contributed by atoms with E-state index in [1.807, 2.05) is 0 Å². The van der Waals surface area contributed by atoms with Crippen molar-refractivity contribution in [2.45, 2.75) is 170 Å². The third-order valence-electron chi connectivity index (χ3n) is 16.3. The van der Waals surface area contributed by atoms with E-state index < -0.39 is 0 Å². The van der Waals surface area contributed by atoms with Crippen molar-refractivity contribution in [2.24, 2.45) is 78.8 Å². The van der Waals surface area contributed by atoms with Gasteiger partial charge in [-0.2, -0.15) is 0 Å². The van der Waals surface area contributed by atoms with Crippen molar-refractivity contribution in [3.8, 4) is 0 Å². The Morgan fingerprint density at radius 1 is 0.582 bits per heavy atom. The monoisotopic (exact) mass is 753 g/mol. The van der Waals surface area contributed by atoms with Gasteiger partial charge in [-0.15, -0.1) is 13.2 Å². The molecule has 6 atom stereocenters. The van der Waals surface area contributed by atoms with Crippen LogP contribution in [-0.4, -0.2) is 0 Å². The molecule has 6 unspecified atom stereocenters. The van der Waals surface area contributed by atoms with Gasteiger partial charge in [-0.25, -0.2) is 0 Å². The number of rotatable bonds is 18. The highest BCUT2D eigenvalue weighted by Gasteiger charge is 2.55. The molecule has 0 saturated heterocycles. The molecule has 2 aliphatic carbocycles. The molecule has 0 amide bonds. The van der Waals surface area contributed by atoms with Crippen LogP contribution in [0, 0.1) is 78.8 Å². The minimum absolute atomic E-state index is 0.0824. The van der Waals surface area contributed by atoms with Crippen LogP contribution in [0.25, 0.3) is 0 Å². The second-order valence-electron chi connectivity index (χ2n) is 24.5. The van der Waals surface area contributed by atoms with E-state index in [1.54, 1.807) is 0 Å². The molecule has 0 bridgehead atoms. The summed E-state index contributed by atoms with van der Waals surface area (Å²) in [6.07, 6.45) is 22.1. The van der Waals surface area contributed by atoms with Crippen molar-refractivity contribution in [3.63, 3.8) is 0 Å². The maximum absolute atomic E-state index is 4.74. The number of hydrogen-bond donors (Lipinski definition) is 0. The van der Waals surface area contributed by atoms with E-state index in [-0.39, 0.29) is 49.2 Å². The maximum atomic E-state index is 4.74. The van der Waals surface area contributed by atoms with Gasteiger partial charge in [0.05, 0.1) is 0 Å². The van der Waals surface area contributed by atoms with Crippen LogP contribution in [0.2, 0.25) is 0 Å². The van der Waals surface area contributed by atoms with Crippen LogP contribution in [-0.2, 0) is 0 Å². The van der Waals surface area contributed by atoms with Crippen molar-refractivity contribution in [3.05, 3.63) is 98.2 Å². The summed E-state index contributed by atoms with van der Waals surface area (Å²) in [5, 5.41) is 0. The van der Waals surface area contributed by atoms with Crippen LogP contribution in [0.3, 0.4) is 0 Å². The van der Waals surface area contributed by atoms with E-state index in [2.05, 4.69) is 194 Å². The third-order valence-corrected chi connectivity index (χ3v) is 16.3. The summed E-state index contributed by atoms with van der Waals surface area (Å²) in [6, 6.07) is 0. The first-order chi connectivity index (χ1) is 24.6. The fourth-order valence-corrected chi connectivity index (χ4v) is 10.1. The first kappa shape index (κ1) is 49.1. The summed E-state index contributed by atoms with van der Waals surface area (Å²) in [5.74, 6) is 2.33. The quantitative estimate of drug-likeness (QED) is 0.122. The summed E-state index contributed by atoms with van der Waals surface area (Å²) in [7, 11) is 0. The first-order valence-electron chi connectivity index (χ1n) is 21.9. The smallest absolute Gasteiger partial charge is 0.0102 e. The van der Waals surface area contributed by atoms with Crippen LogP contribution in [0.15, 0.2) is 98.2 Å². The van der Waals surface area contributed by atoms with E-state index in [9.17, 15) is 0 Å². The molecule has 0 heterocycles. The Kier molecular flexibility index (Phi) is 15.2. The Morgan fingerprint density at radius 2 is 1.05 bits per heavy atom. The van der Waals surface area contributed by atoms with E-state index in [4.69, 9.17) is 6.58 Å². The van der Waals surface area contributed by atoms with Crippen LogP contribution in [0.1, 0.15) is 170 Å². The van der Waals surface area contributed by atoms with Gasteiger partial charge >= 0.3 is 0 Å². The zero-order valence-electron chi connectivity index (χ0n) is 40.1. The zero-order chi connectivity index (χ0) is 43.0. The molecule has 0 radical (unpaired) electrons. The highest BCUT2D eigenvalue weighted by molar-refractivity contribution is 5.28. The molecule has 0 aromatic rings. The fourth-order valence-electron chi connectivity index (χ4n) is 10.1. The average Bonchev–Trinajstić information content (AvgIpc) is 3.52. The lowest BCUT2D eigenvalue weighted by Crippen LogP contribution is -2.51. The Balaban J connectivity index is 2.60. The third kappa shape index (κ3) is 11.3. The van der Waals surface area contributed by atoms with Crippen molar-refractivity contribution in [1.82, 2.24) is 0 Å². The SMILES string of the molecule is C=CC(CC(C)(C)C(C)(C)C/C=C/C(C)(C)C(C)(C)C(C=C)C(C1CC(=C)CC1=C)C(C)(C)C(C)(C)/C=C/C(CC(C)(C)C)C1CC(=C)CC1=C)C(C)(C)C. The lowest BCUT2D eigenvalue weighted by atomic mass is 9.47. The normalized spacial score (nSPS) is 22.5. The van der Waals surface area contributed by atoms with Gasteiger partial charge in [0, 0.05) is 0 Å². The second-order valence-corrected chi connectivity index (χ2v) is 24.5. The molecule has 0 nitrogen and oxygen atoms in total. The van der Waals surface area contributed by atoms with Crippen LogP contribution in [0.5, 0.6) is 0 Å². The predicted molar refractivity (Wildman–Crippen MR) is 250 cm³/mol. The van der Waals surface area contributed by atoms with Crippen LogP contribution < -0.4 is 0 Å². The molecule has 0 N–H and O–H groups in total.